The fourth-order valence-corrected chi connectivity index (χ4v) is 3.66. The van der Waals surface area contributed by atoms with Crippen molar-refractivity contribution in [2.24, 2.45) is 0 Å². The minimum atomic E-state index is -0.0992. The van der Waals surface area contributed by atoms with E-state index in [-0.39, 0.29) is 5.43 Å². The van der Waals surface area contributed by atoms with Crippen LogP contribution in [0.3, 0.4) is 0 Å². The molecule has 2 unspecified atom stereocenters. The molecule has 138 valence electrons. The van der Waals surface area contributed by atoms with Gasteiger partial charge in [0, 0.05) is 45.8 Å². The van der Waals surface area contributed by atoms with Crippen LogP contribution in [-0.4, -0.2) is 35.2 Å². The second-order valence-electron chi connectivity index (χ2n) is 6.67. The molecule has 2 aliphatic rings. The maximum atomic E-state index is 12.9. The molecule has 27 heavy (non-hydrogen) atoms. The van der Waals surface area contributed by atoms with E-state index >= 15 is 0 Å². The van der Waals surface area contributed by atoms with E-state index in [1.54, 1.807) is 6.07 Å². The Morgan fingerprint density at radius 2 is 1.67 bits per heavy atom. The summed E-state index contributed by atoms with van der Waals surface area (Å²) in [6.45, 7) is 1.26. The van der Waals surface area contributed by atoms with E-state index < -0.39 is 0 Å². The summed E-state index contributed by atoms with van der Waals surface area (Å²) in [5, 5.41) is 1.56. The normalized spacial score (nSPS) is 20.4. The van der Waals surface area contributed by atoms with Crippen LogP contribution < -0.4 is 14.9 Å². The first-order valence-electron chi connectivity index (χ1n) is 8.92. The fourth-order valence-electron chi connectivity index (χ4n) is 2.87. The summed E-state index contributed by atoms with van der Waals surface area (Å²) in [4.78, 5) is 12.9. The highest BCUT2D eigenvalue weighted by Gasteiger charge is 2.25. The van der Waals surface area contributed by atoms with Crippen molar-refractivity contribution in [2.75, 3.05) is 24.7 Å². The lowest BCUT2D eigenvalue weighted by Gasteiger charge is -2.12. The summed E-state index contributed by atoms with van der Waals surface area (Å²) in [5.74, 6) is 4.03. The molecule has 2 aromatic carbocycles. The summed E-state index contributed by atoms with van der Waals surface area (Å²) in [5.41, 5.74) is 1.27. The van der Waals surface area contributed by atoms with Crippen molar-refractivity contribution in [3.05, 3.63) is 58.8 Å². The summed E-state index contributed by atoms with van der Waals surface area (Å²) >= 11 is 3.75. The molecule has 0 aliphatic carbocycles. The number of fused-ring (bicyclic) bond motifs is 1. The van der Waals surface area contributed by atoms with Crippen LogP contribution in [-0.2, 0) is 0 Å². The molecule has 3 heterocycles. The Labute approximate surface area is 165 Å². The highest BCUT2D eigenvalue weighted by Crippen LogP contribution is 2.36. The molecule has 1 aromatic heterocycles. The van der Waals surface area contributed by atoms with E-state index in [4.69, 9.17) is 13.9 Å². The molecule has 2 saturated heterocycles. The lowest BCUT2D eigenvalue weighted by Crippen LogP contribution is -2.09. The SMILES string of the molecule is O=c1cc(-c2ccccc2)oc2cc(OCC3CS3)cc(OCC3CS3)c12. The predicted octanol–water partition coefficient (Wildman–Crippen LogP) is 4.45. The summed E-state index contributed by atoms with van der Waals surface area (Å²) in [6, 6.07) is 14.8. The Hall–Kier alpha value is -2.05. The third-order valence-corrected chi connectivity index (χ3v) is 6.37. The molecule has 5 rings (SSSR count). The van der Waals surface area contributed by atoms with Gasteiger partial charge in [-0.15, -0.1) is 0 Å². The largest absolute Gasteiger partial charge is 0.492 e. The molecule has 6 heteroatoms. The van der Waals surface area contributed by atoms with Gasteiger partial charge in [-0.05, 0) is 0 Å². The molecule has 0 bridgehead atoms. The van der Waals surface area contributed by atoms with E-state index in [0.717, 1.165) is 17.1 Å². The van der Waals surface area contributed by atoms with Crippen LogP contribution in [0.1, 0.15) is 0 Å². The molecule has 4 nitrogen and oxygen atoms in total. The van der Waals surface area contributed by atoms with Crippen LogP contribution in [0.2, 0.25) is 0 Å². The third-order valence-electron chi connectivity index (χ3n) is 4.49. The van der Waals surface area contributed by atoms with Crippen molar-refractivity contribution in [3.8, 4) is 22.8 Å². The molecule has 0 N–H and O–H groups in total. The van der Waals surface area contributed by atoms with Crippen LogP contribution in [0.15, 0.2) is 57.7 Å². The molecule has 2 atom stereocenters. The monoisotopic (exact) mass is 398 g/mol. The summed E-state index contributed by atoms with van der Waals surface area (Å²) < 4.78 is 18.0. The maximum Gasteiger partial charge on any atom is 0.197 e. The van der Waals surface area contributed by atoms with Crippen molar-refractivity contribution in [1.29, 1.82) is 0 Å². The molecule has 2 aliphatic heterocycles. The first-order valence-corrected chi connectivity index (χ1v) is 11.0. The Morgan fingerprint density at radius 1 is 0.963 bits per heavy atom. The van der Waals surface area contributed by atoms with Crippen LogP contribution in [0.5, 0.6) is 11.5 Å². The van der Waals surface area contributed by atoms with Gasteiger partial charge in [0.15, 0.2) is 5.43 Å². The van der Waals surface area contributed by atoms with Gasteiger partial charge < -0.3 is 13.9 Å². The van der Waals surface area contributed by atoms with E-state index in [1.165, 1.54) is 6.07 Å². The van der Waals surface area contributed by atoms with Gasteiger partial charge in [0.1, 0.15) is 41.4 Å². The predicted molar refractivity (Wildman–Crippen MR) is 111 cm³/mol. The van der Waals surface area contributed by atoms with Gasteiger partial charge in [0.05, 0.1) is 0 Å². The quantitative estimate of drug-likeness (QED) is 0.548. The summed E-state index contributed by atoms with van der Waals surface area (Å²) in [7, 11) is 0. The third kappa shape index (κ3) is 3.96. The maximum absolute atomic E-state index is 12.9. The molecular weight excluding hydrogens is 380 g/mol. The first kappa shape index (κ1) is 17.1. The lowest BCUT2D eigenvalue weighted by atomic mass is 10.1. The van der Waals surface area contributed by atoms with Gasteiger partial charge in [-0.2, -0.15) is 23.5 Å². The second-order valence-corrected chi connectivity index (χ2v) is 9.33. The Bertz CT molecular complexity index is 1020. The van der Waals surface area contributed by atoms with Crippen molar-refractivity contribution < 1.29 is 13.9 Å². The van der Waals surface area contributed by atoms with Crippen LogP contribution >= 0.6 is 23.5 Å². The van der Waals surface area contributed by atoms with Crippen molar-refractivity contribution >= 4 is 34.5 Å². The minimum Gasteiger partial charge on any atom is -0.492 e. The average Bonchev–Trinajstić information content (AvgIpc) is 3.60. The van der Waals surface area contributed by atoms with Crippen molar-refractivity contribution in [1.82, 2.24) is 0 Å². The van der Waals surface area contributed by atoms with Gasteiger partial charge in [-0.1, -0.05) is 30.3 Å². The van der Waals surface area contributed by atoms with Crippen LogP contribution in [0.4, 0.5) is 0 Å². The number of thioether (sulfide) groups is 2. The zero-order valence-corrected chi connectivity index (χ0v) is 16.2. The van der Waals surface area contributed by atoms with Gasteiger partial charge >= 0.3 is 0 Å². The van der Waals surface area contributed by atoms with Crippen molar-refractivity contribution in [3.63, 3.8) is 0 Å². The number of rotatable bonds is 7. The topological polar surface area (TPSA) is 48.7 Å². The van der Waals surface area contributed by atoms with E-state index in [9.17, 15) is 4.79 Å². The minimum absolute atomic E-state index is 0.0992. The highest BCUT2D eigenvalue weighted by molar-refractivity contribution is 8.07. The number of benzene rings is 2. The Balaban J connectivity index is 1.57. The molecule has 0 radical (unpaired) electrons. The standard InChI is InChI=1S/C21H18O4S2/c22-17-8-18(13-4-2-1-3-5-13)25-20-7-14(23-9-15-11-26-15)6-19(21(17)20)24-10-16-12-27-16/h1-8,15-16H,9-12H2. The van der Waals surface area contributed by atoms with E-state index in [0.29, 0.717) is 51.9 Å². The highest BCUT2D eigenvalue weighted by atomic mass is 32.2. The molecule has 0 amide bonds. The first-order chi connectivity index (χ1) is 13.3. The van der Waals surface area contributed by atoms with E-state index in [2.05, 4.69) is 0 Å². The number of hydrogen-bond acceptors (Lipinski definition) is 6. The zero-order chi connectivity index (χ0) is 18.2. The lowest BCUT2D eigenvalue weighted by molar-refractivity contribution is 0.315. The van der Waals surface area contributed by atoms with Crippen molar-refractivity contribution in [2.45, 2.75) is 10.5 Å². The Kier molecular flexibility index (Phi) is 4.53. The summed E-state index contributed by atoms with van der Waals surface area (Å²) in [6.07, 6.45) is 0. The van der Waals surface area contributed by atoms with E-state index in [1.807, 2.05) is 59.9 Å². The zero-order valence-electron chi connectivity index (χ0n) is 14.6. The molecular formula is C21H18O4S2. The van der Waals surface area contributed by atoms with Crippen LogP contribution in [0.25, 0.3) is 22.3 Å². The van der Waals surface area contributed by atoms with Gasteiger partial charge in [0.25, 0.3) is 0 Å². The fraction of sp³-hybridized carbons (Fsp3) is 0.286. The van der Waals surface area contributed by atoms with Gasteiger partial charge in [-0.3, -0.25) is 4.79 Å². The van der Waals surface area contributed by atoms with Gasteiger partial charge in [0.2, 0.25) is 0 Å². The molecule has 2 fully saturated rings. The number of hydrogen-bond donors (Lipinski definition) is 0. The van der Waals surface area contributed by atoms with Crippen LogP contribution in [0, 0.1) is 0 Å². The second kappa shape index (κ2) is 7.17. The number of ether oxygens (including phenoxy) is 2. The van der Waals surface area contributed by atoms with Gasteiger partial charge in [-0.25, -0.2) is 0 Å². The average molecular weight is 399 g/mol. The molecule has 0 spiro atoms. The molecule has 0 saturated carbocycles. The smallest absolute Gasteiger partial charge is 0.197 e. The molecule has 3 aromatic rings. The Morgan fingerprint density at radius 3 is 2.37 bits per heavy atom.